The van der Waals surface area contributed by atoms with Crippen LogP contribution in [-0.2, 0) is 0 Å². The molecule has 0 spiro atoms. The molecule has 0 fully saturated rings. The van der Waals surface area contributed by atoms with Gasteiger partial charge in [-0.1, -0.05) is 0 Å². The highest BCUT2D eigenvalue weighted by atomic mass is 79.9. The number of fused-ring (bicyclic) bond motifs is 1. The average Bonchev–Trinajstić information content (AvgIpc) is 2.86. The maximum Gasteiger partial charge on any atom is 0.345 e. The molecule has 0 aliphatic carbocycles. The molecule has 1 aliphatic rings. The number of rotatable bonds is 2. The van der Waals surface area contributed by atoms with Crippen LogP contribution in [0.2, 0.25) is 0 Å². The third kappa shape index (κ3) is 2.53. The van der Waals surface area contributed by atoms with Crippen molar-refractivity contribution >= 4 is 21.9 Å². The van der Waals surface area contributed by atoms with E-state index in [4.69, 9.17) is 14.2 Å². The maximum atomic E-state index is 11.9. The van der Waals surface area contributed by atoms with E-state index in [-0.39, 0.29) is 6.79 Å². The highest BCUT2D eigenvalue weighted by molar-refractivity contribution is 9.10. The van der Waals surface area contributed by atoms with E-state index in [0.717, 1.165) is 0 Å². The Bertz CT molecular complexity index is 644. The van der Waals surface area contributed by atoms with Crippen molar-refractivity contribution in [1.29, 1.82) is 0 Å². The second kappa shape index (κ2) is 4.89. The minimum Gasteiger partial charge on any atom is -0.454 e. The number of benzene rings is 1. The van der Waals surface area contributed by atoms with Crippen molar-refractivity contribution in [2.24, 2.45) is 0 Å². The lowest BCUT2D eigenvalue weighted by molar-refractivity contribution is 0.0734. The summed E-state index contributed by atoms with van der Waals surface area (Å²) in [6.07, 6.45) is 3.04. The third-order valence-electron chi connectivity index (χ3n) is 2.50. The maximum absolute atomic E-state index is 11.9. The van der Waals surface area contributed by atoms with Crippen LogP contribution in [0.3, 0.4) is 0 Å². The van der Waals surface area contributed by atoms with Crippen LogP contribution in [0.5, 0.6) is 17.2 Å². The Hall–Kier alpha value is -2.08. The van der Waals surface area contributed by atoms with Gasteiger partial charge < -0.3 is 14.2 Å². The number of hydrogen-bond donors (Lipinski definition) is 0. The van der Waals surface area contributed by atoms with Crippen molar-refractivity contribution in [3.05, 3.63) is 46.7 Å². The topological polar surface area (TPSA) is 57.7 Å². The summed E-state index contributed by atoms with van der Waals surface area (Å²) in [5, 5.41) is 0. The fraction of sp³-hybridized carbons (Fsp3) is 0.0769. The molecule has 0 bridgehead atoms. The SMILES string of the molecule is O=C(Oc1ccc2c(c1)OCO2)c1cncc(Br)c1. The number of carbonyl (C=O) groups is 1. The lowest BCUT2D eigenvalue weighted by Crippen LogP contribution is -2.08. The van der Waals surface area contributed by atoms with Gasteiger partial charge in [-0.2, -0.15) is 0 Å². The number of halogens is 1. The normalized spacial score (nSPS) is 12.3. The Morgan fingerprint density at radius 2 is 2.05 bits per heavy atom. The quantitative estimate of drug-likeness (QED) is 0.628. The molecule has 0 saturated heterocycles. The van der Waals surface area contributed by atoms with Crippen LogP contribution in [0, 0.1) is 0 Å². The van der Waals surface area contributed by atoms with Crippen molar-refractivity contribution in [3.63, 3.8) is 0 Å². The molecule has 3 rings (SSSR count). The van der Waals surface area contributed by atoms with Gasteiger partial charge in [0.05, 0.1) is 5.56 Å². The molecular weight excluding hydrogens is 314 g/mol. The molecule has 96 valence electrons. The van der Waals surface area contributed by atoms with E-state index in [1.54, 1.807) is 30.5 Å². The van der Waals surface area contributed by atoms with E-state index < -0.39 is 5.97 Å². The first kappa shape index (κ1) is 12.0. The van der Waals surface area contributed by atoms with Crippen LogP contribution in [0.4, 0.5) is 0 Å². The summed E-state index contributed by atoms with van der Waals surface area (Å²) in [6, 6.07) is 6.61. The Morgan fingerprint density at radius 3 is 2.89 bits per heavy atom. The number of ether oxygens (including phenoxy) is 3. The zero-order chi connectivity index (χ0) is 13.2. The lowest BCUT2D eigenvalue weighted by Gasteiger charge is -2.05. The monoisotopic (exact) mass is 321 g/mol. The molecule has 19 heavy (non-hydrogen) atoms. The van der Waals surface area contributed by atoms with Gasteiger partial charge in [-0.3, -0.25) is 4.98 Å². The molecule has 0 radical (unpaired) electrons. The average molecular weight is 322 g/mol. The summed E-state index contributed by atoms with van der Waals surface area (Å²) < 4.78 is 16.4. The fourth-order valence-electron chi connectivity index (χ4n) is 1.63. The van der Waals surface area contributed by atoms with E-state index in [2.05, 4.69) is 20.9 Å². The van der Waals surface area contributed by atoms with Crippen LogP contribution in [0.1, 0.15) is 10.4 Å². The summed E-state index contributed by atoms with van der Waals surface area (Å²) in [5.41, 5.74) is 0.368. The smallest absolute Gasteiger partial charge is 0.345 e. The van der Waals surface area contributed by atoms with Crippen molar-refractivity contribution in [3.8, 4) is 17.2 Å². The molecule has 1 aromatic carbocycles. The Kier molecular flexibility index (Phi) is 3.08. The first-order valence-electron chi connectivity index (χ1n) is 5.45. The fourth-order valence-corrected chi connectivity index (χ4v) is 1.99. The molecule has 1 aliphatic heterocycles. The highest BCUT2D eigenvalue weighted by Crippen LogP contribution is 2.35. The van der Waals surface area contributed by atoms with Crippen molar-refractivity contribution in [2.75, 3.05) is 6.79 Å². The van der Waals surface area contributed by atoms with Crippen molar-refractivity contribution < 1.29 is 19.0 Å². The van der Waals surface area contributed by atoms with Gasteiger partial charge >= 0.3 is 5.97 Å². The van der Waals surface area contributed by atoms with Gasteiger partial charge in [-0.05, 0) is 34.1 Å². The Labute approximate surface area is 117 Å². The van der Waals surface area contributed by atoms with E-state index in [1.807, 2.05) is 0 Å². The predicted octanol–water partition coefficient (Wildman–Crippen LogP) is 2.79. The standard InChI is InChI=1S/C13H8BrNO4/c14-9-3-8(5-15-6-9)13(16)19-10-1-2-11-12(4-10)18-7-17-11/h1-6H,7H2. The van der Waals surface area contributed by atoms with Gasteiger partial charge in [0.25, 0.3) is 0 Å². The molecule has 5 nitrogen and oxygen atoms in total. The third-order valence-corrected chi connectivity index (χ3v) is 2.93. The molecule has 0 amide bonds. The molecular formula is C13H8BrNO4. The van der Waals surface area contributed by atoms with Crippen LogP contribution in [0.25, 0.3) is 0 Å². The number of esters is 1. The Balaban J connectivity index is 1.80. The van der Waals surface area contributed by atoms with Gasteiger partial charge in [-0.15, -0.1) is 0 Å². The number of aromatic nitrogens is 1. The number of pyridine rings is 1. The summed E-state index contributed by atoms with van der Waals surface area (Å²) in [6.45, 7) is 0.183. The zero-order valence-corrected chi connectivity index (χ0v) is 11.2. The number of hydrogen-bond acceptors (Lipinski definition) is 5. The van der Waals surface area contributed by atoms with E-state index in [9.17, 15) is 4.79 Å². The molecule has 0 N–H and O–H groups in total. The molecule has 1 aromatic heterocycles. The van der Waals surface area contributed by atoms with Gasteiger partial charge in [-0.25, -0.2) is 4.79 Å². The molecule has 2 aromatic rings. The lowest BCUT2D eigenvalue weighted by atomic mass is 10.3. The van der Waals surface area contributed by atoms with E-state index in [1.165, 1.54) is 6.20 Å². The molecule has 0 saturated carbocycles. The highest BCUT2D eigenvalue weighted by Gasteiger charge is 2.16. The first-order chi connectivity index (χ1) is 9.22. The summed E-state index contributed by atoms with van der Waals surface area (Å²) >= 11 is 3.25. The second-order valence-corrected chi connectivity index (χ2v) is 4.71. The molecule has 0 atom stereocenters. The van der Waals surface area contributed by atoms with Gasteiger partial charge in [0.1, 0.15) is 5.75 Å². The van der Waals surface area contributed by atoms with Crippen LogP contribution in [0.15, 0.2) is 41.1 Å². The summed E-state index contributed by atoms with van der Waals surface area (Å²) in [7, 11) is 0. The molecule has 6 heteroatoms. The number of carbonyl (C=O) groups excluding carboxylic acids is 1. The van der Waals surface area contributed by atoms with Crippen molar-refractivity contribution in [2.45, 2.75) is 0 Å². The van der Waals surface area contributed by atoms with Crippen molar-refractivity contribution in [1.82, 2.24) is 4.98 Å². The van der Waals surface area contributed by atoms with Gasteiger partial charge in [0.2, 0.25) is 6.79 Å². The summed E-state index contributed by atoms with van der Waals surface area (Å²) in [5.74, 6) is 1.13. The van der Waals surface area contributed by atoms with Crippen LogP contribution >= 0.6 is 15.9 Å². The summed E-state index contributed by atoms with van der Waals surface area (Å²) in [4.78, 5) is 15.8. The number of nitrogens with zero attached hydrogens (tertiary/aromatic N) is 1. The van der Waals surface area contributed by atoms with Crippen LogP contribution < -0.4 is 14.2 Å². The van der Waals surface area contributed by atoms with E-state index >= 15 is 0 Å². The predicted molar refractivity (Wildman–Crippen MR) is 69.5 cm³/mol. The zero-order valence-electron chi connectivity index (χ0n) is 9.63. The van der Waals surface area contributed by atoms with Gasteiger partial charge in [0.15, 0.2) is 11.5 Å². The largest absolute Gasteiger partial charge is 0.454 e. The minimum absolute atomic E-state index is 0.183. The van der Waals surface area contributed by atoms with Crippen LogP contribution in [-0.4, -0.2) is 17.7 Å². The van der Waals surface area contributed by atoms with Gasteiger partial charge in [0, 0.05) is 22.9 Å². The first-order valence-corrected chi connectivity index (χ1v) is 6.24. The van der Waals surface area contributed by atoms with E-state index in [0.29, 0.717) is 27.3 Å². The molecule has 0 unspecified atom stereocenters. The minimum atomic E-state index is -0.479. The second-order valence-electron chi connectivity index (χ2n) is 3.80. The molecule has 2 heterocycles. The Morgan fingerprint density at radius 1 is 1.21 bits per heavy atom.